The molecule has 72 valence electrons. The Morgan fingerprint density at radius 3 is 2.85 bits per heavy atom. The second-order valence-electron chi connectivity index (χ2n) is 2.29. The molecule has 2 rings (SSSR count). The molecule has 1 aromatic rings. The first kappa shape index (κ1) is 9.42. The molecular weight excluding hydrogens is 310 g/mol. The van der Waals surface area contributed by atoms with Gasteiger partial charge in [-0.1, -0.05) is 0 Å². The van der Waals surface area contributed by atoms with Crippen molar-refractivity contribution in [2.24, 2.45) is 0 Å². The van der Waals surface area contributed by atoms with Crippen molar-refractivity contribution in [3.8, 4) is 5.75 Å². The van der Waals surface area contributed by atoms with Crippen molar-refractivity contribution < 1.29 is 20.3 Å². The molecule has 0 fully saturated rings. The van der Waals surface area contributed by atoms with E-state index >= 15 is 0 Å². The van der Waals surface area contributed by atoms with E-state index in [1.54, 1.807) is 18.2 Å². The molecule has 1 aliphatic rings. The summed E-state index contributed by atoms with van der Waals surface area (Å²) in [4.78, 5) is 8.98. The Bertz CT molecular complexity index is 381. The van der Waals surface area contributed by atoms with Crippen LogP contribution in [-0.4, -0.2) is 8.33 Å². The topological polar surface area (TPSA) is 76.0 Å². The minimum absolute atomic E-state index is 0.243. The van der Waals surface area contributed by atoms with Gasteiger partial charge in [-0.15, -0.1) is 0 Å². The van der Waals surface area contributed by atoms with Crippen LogP contribution in [0.25, 0.3) is 0 Å². The zero-order valence-corrected chi connectivity index (χ0v) is 9.31. The molecule has 0 radical (unpaired) electrons. The fourth-order valence-corrected chi connectivity index (χ4v) is 5.31. The molecule has 1 unspecified atom stereocenters. The third kappa shape index (κ3) is 1.87. The normalized spacial score (nSPS) is 29.2. The van der Waals surface area contributed by atoms with Crippen molar-refractivity contribution in [1.82, 2.24) is 0 Å². The molecule has 1 aromatic carbocycles. The Balaban J connectivity index is 2.48. The molecule has 1 heterocycles. The molecular formula is C6H6IO5P. The van der Waals surface area contributed by atoms with Gasteiger partial charge in [-0.2, -0.15) is 0 Å². The molecule has 0 spiro atoms. The molecule has 0 amide bonds. The second-order valence-corrected chi connectivity index (χ2v) is 7.21. The minimum atomic E-state index is -4.06. The molecule has 0 bridgehead atoms. The van der Waals surface area contributed by atoms with Gasteiger partial charge in [-0.05, 0) is 0 Å². The molecule has 2 N–H and O–H groups in total. The molecule has 0 aliphatic carbocycles. The Kier molecular flexibility index (Phi) is 2.33. The fraction of sp³-hybridized carbons (Fsp3) is 0. The summed E-state index contributed by atoms with van der Waals surface area (Å²) in [7, 11) is -4.06. The van der Waals surface area contributed by atoms with Gasteiger partial charge >= 0.3 is 82.3 Å². The van der Waals surface area contributed by atoms with Crippen LogP contribution in [0.15, 0.2) is 24.3 Å². The number of hydrogen-bond donors (Lipinski definition) is 2. The van der Waals surface area contributed by atoms with Gasteiger partial charge in [-0.3, -0.25) is 0 Å². The van der Waals surface area contributed by atoms with Crippen molar-refractivity contribution in [3.63, 3.8) is 0 Å². The number of para-hydroxylation sites is 1. The Morgan fingerprint density at radius 1 is 1.38 bits per heavy atom. The summed E-state index contributed by atoms with van der Waals surface area (Å²) < 4.78 is 30.1. The average molecular weight is 316 g/mol. The molecule has 0 saturated heterocycles. The van der Waals surface area contributed by atoms with Gasteiger partial charge < -0.3 is 0 Å². The van der Waals surface area contributed by atoms with Gasteiger partial charge in [0.15, 0.2) is 0 Å². The Morgan fingerprint density at radius 2 is 2.08 bits per heavy atom. The average Bonchev–Trinajstić information content (AvgIpc) is 2.02. The number of benzene rings is 1. The SMILES string of the molecule is O=P1(O)Oc2ccccc2I(O)O1. The summed E-state index contributed by atoms with van der Waals surface area (Å²) in [6, 6.07) is 6.52. The van der Waals surface area contributed by atoms with E-state index < -0.39 is 28.5 Å². The molecule has 7 heteroatoms. The van der Waals surface area contributed by atoms with Gasteiger partial charge in [0.2, 0.25) is 0 Å². The van der Waals surface area contributed by atoms with Crippen LogP contribution < -0.4 is 4.52 Å². The first-order valence-electron chi connectivity index (χ1n) is 3.29. The van der Waals surface area contributed by atoms with Crippen molar-refractivity contribution in [3.05, 3.63) is 27.8 Å². The van der Waals surface area contributed by atoms with Gasteiger partial charge in [0.05, 0.1) is 0 Å². The van der Waals surface area contributed by atoms with Crippen molar-refractivity contribution in [1.29, 1.82) is 0 Å². The zero-order valence-electron chi connectivity index (χ0n) is 6.25. The fourth-order valence-electron chi connectivity index (χ4n) is 0.910. The van der Waals surface area contributed by atoms with Crippen LogP contribution in [0.3, 0.4) is 0 Å². The first-order valence-corrected chi connectivity index (χ1v) is 7.71. The summed E-state index contributed by atoms with van der Waals surface area (Å²) in [5.74, 6) is 0.243. The van der Waals surface area contributed by atoms with Gasteiger partial charge in [-0.25, -0.2) is 0 Å². The number of fused-ring (bicyclic) bond motifs is 1. The number of hydrogen-bond acceptors (Lipinski definition) is 4. The van der Waals surface area contributed by atoms with Crippen LogP contribution in [0.4, 0.5) is 0 Å². The summed E-state index contributed by atoms with van der Waals surface area (Å²) in [6.45, 7) is 0. The monoisotopic (exact) mass is 316 g/mol. The van der Waals surface area contributed by atoms with E-state index in [4.69, 9.17) is 4.89 Å². The maximum absolute atomic E-state index is 11.0. The molecule has 5 nitrogen and oxygen atoms in total. The first-order chi connectivity index (χ1) is 6.08. The number of phosphoric acid groups is 1. The quantitative estimate of drug-likeness (QED) is 0.563. The van der Waals surface area contributed by atoms with Crippen LogP contribution in [0, 0.1) is 3.57 Å². The van der Waals surface area contributed by atoms with Gasteiger partial charge in [0.25, 0.3) is 0 Å². The van der Waals surface area contributed by atoms with Crippen LogP contribution >= 0.6 is 28.5 Å². The Labute approximate surface area is 82.4 Å². The Hall–Kier alpha value is -0.140. The van der Waals surface area contributed by atoms with E-state index in [1.807, 2.05) is 0 Å². The summed E-state index contributed by atoms with van der Waals surface area (Å²) in [5, 5.41) is 0. The maximum atomic E-state index is 11.0. The number of halogens is 1. The van der Waals surface area contributed by atoms with Crippen molar-refractivity contribution in [2.75, 3.05) is 0 Å². The molecule has 1 aliphatic heterocycles. The standard InChI is InChI=1S/C6H6IO5P/c8-7-5-3-1-2-4-6(5)11-13(9,10)12-7/h1-4,8H,(H,9,10). The van der Waals surface area contributed by atoms with E-state index in [-0.39, 0.29) is 5.75 Å². The van der Waals surface area contributed by atoms with Crippen LogP contribution in [0.2, 0.25) is 0 Å². The zero-order chi connectivity index (χ0) is 9.47. The predicted molar refractivity (Wildman–Crippen MR) is 52.9 cm³/mol. The van der Waals surface area contributed by atoms with Crippen molar-refractivity contribution >= 4 is 28.5 Å². The van der Waals surface area contributed by atoms with E-state index in [0.29, 0.717) is 3.57 Å². The van der Waals surface area contributed by atoms with Crippen LogP contribution in [0.1, 0.15) is 0 Å². The molecule has 0 aromatic heterocycles. The molecule has 1 atom stereocenters. The summed E-state index contributed by atoms with van der Waals surface area (Å²) >= 11 is -2.93. The van der Waals surface area contributed by atoms with Gasteiger partial charge in [0.1, 0.15) is 0 Å². The van der Waals surface area contributed by atoms with E-state index in [1.165, 1.54) is 6.07 Å². The third-order valence-corrected chi connectivity index (χ3v) is 6.61. The predicted octanol–water partition coefficient (Wildman–Crippen LogP) is 1.69. The van der Waals surface area contributed by atoms with E-state index in [2.05, 4.69) is 7.38 Å². The van der Waals surface area contributed by atoms with E-state index in [0.717, 1.165) is 0 Å². The van der Waals surface area contributed by atoms with Crippen molar-refractivity contribution in [2.45, 2.75) is 0 Å². The third-order valence-electron chi connectivity index (χ3n) is 1.38. The summed E-state index contributed by atoms with van der Waals surface area (Å²) in [6.07, 6.45) is 0. The van der Waals surface area contributed by atoms with Gasteiger partial charge in [0, 0.05) is 0 Å². The second kappa shape index (κ2) is 3.21. The van der Waals surface area contributed by atoms with Crippen LogP contribution in [-0.2, 0) is 7.42 Å². The summed E-state index contributed by atoms with van der Waals surface area (Å²) in [5.41, 5.74) is 0. The molecule has 13 heavy (non-hydrogen) atoms. The molecule has 0 saturated carbocycles. The number of rotatable bonds is 0. The van der Waals surface area contributed by atoms with Crippen LogP contribution in [0.5, 0.6) is 5.75 Å². The van der Waals surface area contributed by atoms with E-state index in [9.17, 15) is 8.00 Å². The number of phosphoric ester groups is 1.